The van der Waals surface area contributed by atoms with Crippen molar-refractivity contribution in [3.8, 4) is 0 Å². The Hall–Kier alpha value is -1.06. The van der Waals surface area contributed by atoms with Crippen molar-refractivity contribution in [2.75, 3.05) is 6.61 Å². The second kappa shape index (κ2) is 19.3. The Morgan fingerprint density at radius 2 is 1.08 bits per heavy atom. The molecule has 0 unspecified atom stereocenters. The van der Waals surface area contributed by atoms with Gasteiger partial charge in [0.25, 0.3) is 0 Å². The molecule has 0 rings (SSSR count). The Bertz CT molecular complexity index is 315. The first-order valence-electron chi connectivity index (χ1n) is 10.5. The summed E-state index contributed by atoms with van der Waals surface area (Å²) in [6.45, 7) is 2.79. The van der Waals surface area contributed by atoms with Gasteiger partial charge in [-0.25, -0.2) is 0 Å². The number of carboxylic acids is 1. The summed E-state index contributed by atoms with van der Waals surface area (Å²) in [6.07, 6.45) is 18.0. The van der Waals surface area contributed by atoms with E-state index in [9.17, 15) is 9.59 Å². The Labute approximate surface area is 154 Å². The Morgan fingerprint density at radius 3 is 1.60 bits per heavy atom. The Morgan fingerprint density at radius 1 is 0.640 bits per heavy atom. The van der Waals surface area contributed by atoms with E-state index in [0.29, 0.717) is 19.4 Å². The third kappa shape index (κ3) is 20.9. The standard InChI is InChI=1S/C21H40O4/c1-2-3-4-5-8-12-15-18-21(24)25-19-16-13-10-7-6-9-11-14-17-20(22)23/h2-19H2,1H3,(H,22,23). The van der Waals surface area contributed by atoms with Crippen molar-refractivity contribution in [3.05, 3.63) is 0 Å². The fraction of sp³-hybridized carbons (Fsp3) is 0.905. The van der Waals surface area contributed by atoms with Gasteiger partial charge in [0.15, 0.2) is 0 Å². The second-order valence-corrected chi connectivity index (χ2v) is 7.06. The van der Waals surface area contributed by atoms with Gasteiger partial charge in [0.05, 0.1) is 6.61 Å². The van der Waals surface area contributed by atoms with Gasteiger partial charge in [0.2, 0.25) is 0 Å². The molecule has 0 aliphatic heterocycles. The fourth-order valence-corrected chi connectivity index (χ4v) is 2.92. The van der Waals surface area contributed by atoms with Crippen LogP contribution in [-0.4, -0.2) is 23.7 Å². The maximum absolute atomic E-state index is 11.6. The summed E-state index contributed by atoms with van der Waals surface area (Å²) >= 11 is 0. The Kier molecular flexibility index (Phi) is 18.5. The molecule has 0 heterocycles. The van der Waals surface area contributed by atoms with Crippen LogP contribution in [0.3, 0.4) is 0 Å². The zero-order valence-electron chi connectivity index (χ0n) is 16.4. The summed E-state index contributed by atoms with van der Waals surface area (Å²) < 4.78 is 5.27. The smallest absolute Gasteiger partial charge is 0.305 e. The van der Waals surface area contributed by atoms with Crippen LogP contribution < -0.4 is 0 Å². The first-order valence-corrected chi connectivity index (χ1v) is 10.5. The van der Waals surface area contributed by atoms with Gasteiger partial charge in [0, 0.05) is 12.8 Å². The largest absolute Gasteiger partial charge is 0.481 e. The van der Waals surface area contributed by atoms with Crippen LogP contribution in [0.2, 0.25) is 0 Å². The van der Waals surface area contributed by atoms with E-state index in [4.69, 9.17) is 9.84 Å². The lowest BCUT2D eigenvalue weighted by Gasteiger charge is -2.05. The number of carbonyl (C=O) groups is 2. The minimum atomic E-state index is -0.693. The van der Waals surface area contributed by atoms with Crippen LogP contribution in [0.1, 0.15) is 116 Å². The molecule has 0 aliphatic rings. The molecule has 148 valence electrons. The highest BCUT2D eigenvalue weighted by Crippen LogP contribution is 2.11. The molecular formula is C21H40O4. The quantitative estimate of drug-likeness (QED) is 0.219. The van der Waals surface area contributed by atoms with Gasteiger partial charge in [-0.1, -0.05) is 84.0 Å². The second-order valence-electron chi connectivity index (χ2n) is 7.06. The molecule has 0 radical (unpaired) electrons. The molecule has 0 aromatic heterocycles. The first-order chi connectivity index (χ1) is 12.2. The van der Waals surface area contributed by atoms with Crippen molar-refractivity contribution < 1.29 is 19.4 Å². The van der Waals surface area contributed by atoms with Gasteiger partial charge in [0.1, 0.15) is 0 Å². The van der Waals surface area contributed by atoms with E-state index in [1.807, 2.05) is 0 Å². The third-order valence-electron chi connectivity index (χ3n) is 4.53. The molecule has 25 heavy (non-hydrogen) atoms. The average molecular weight is 357 g/mol. The molecule has 0 amide bonds. The zero-order valence-corrected chi connectivity index (χ0v) is 16.4. The number of ether oxygens (including phenoxy) is 1. The highest BCUT2D eigenvalue weighted by Gasteiger charge is 2.02. The fourth-order valence-electron chi connectivity index (χ4n) is 2.92. The summed E-state index contributed by atoms with van der Waals surface area (Å²) in [5.41, 5.74) is 0. The van der Waals surface area contributed by atoms with Crippen molar-refractivity contribution >= 4 is 11.9 Å². The van der Waals surface area contributed by atoms with E-state index in [1.54, 1.807) is 0 Å². The molecule has 0 saturated carbocycles. The molecule has 4 nitrogen and oxygen atoms in total. The van der Waals surface area contributed by atoms with Gasteiger partial charge in [-0.15, -0.1) is 0 Å². The molecule has 0 aliphatic carbocycles. The normalized spacial score (nSPS) is 10.8. The van der Waals surface area contributed by atoms with Crippen LogP contribution in [0.15, 0.2) is 0 Å². The van der Waals surface area contributed by atoms with Gasteiger partial charge >= 0.3 is 11.9 Å². The molecule has 0 fully saturated rings. The van der Waals surface area contributed by atoms with E-state index < -0.39 is 5.97 Å². The highest BCUT2D eigenvalue weighted by atomic mass is 16.5. The van der Waals surface area contributed by atoms with Gasteiger partial charge < -0.3 is 9.84 Å². The minimum absolute atomic E-state index is 0.0352. The molecule has 1 N–H and O–H groups in total. The van der Waals surface area contributed by atoms with E-state index in [1.165, 1.54) is 51.4 Å². The SMILES string of the molecule is CCCCCCCCCC(=O)OCCCCCCCCCCC(=O)O. The summed E-state index contributed by atoms with van der Waals surface area (Å²) in [5.74, 6) is -0.728. The number of carboxylic acid groups (broad SMARTS) is 1. The summed E-state index contributed by atoms with van der Waals surface area (Å²) in [5, 5.41) is 8.54. The topological polar surface area (TPSA) is 63.6 Å². The zero-order chi connectivity index (χ0) is 18.6. The monoisotopic (exact) mass is 356 g/mol. The first kappa shape index (κ1) is 23.9. The number of carbonyl (C=O) groups excluding carboxylic acids is 1. The number of rotatable bonds is 19. The predicted molar refractivity (Wildman–Crippen MR) is 103 cm³/mol. The third-order valence-corrected chi connectivity index (χ3v) is 4.53. The lowest BCUT2D eigenvalue weighted by atomic mass is 10.1. The van der Waals surface area contributed by atoms with Gasteiger partial charge in [-0.05, 0) is 19.3 Å². The van der Waals surface area contributed by atoms with Crippen LogP contribution in [0.5, 0.6) is 0 Å². The van der Waals surface area contributed by atoms with Crippen molar-refractivity contribution in [2.45, 2.75) is 116 Å². The van der Waals surface area contributed by atoms with Gasteiger partial charge in [-0.2, -0.15) is 0 Å². The molecule has 0 aromatic carbocycles. The summed E-state index contributed by atoms with van der Waals surface area (Å²) in [7, 11) is 0. The summed E-state index contributed by atoms with van der Waals surface area (Å²) in [6, 6.07) is 0. The van der Waals surface area contributed by atoms with Crippen LogP contribution in [0.25, 0.3) is 0 Å². The number of esters is 1. The number of hydrogen-bond acceptors (Lipinski definition) is 3. The molecule has 0 saturated heterocycles. The Balaban J connectivity index is 3.16. The molecule has 0 spiro atoms. The molecule has 0 aromatic rings. The lowest BCUT2D eigenvalue weighted by Crippen LogP contribution is -2.05. The van der Waals surface area contributed by atoms with Crippen molar-refractivity contribution in [1.82, 2.24) is 0 Å². The number of aliphatic carboxylic acids is 1. The van der Waals surface area contributed by atoms with E-state index in [2.05, 4.69) is 6.92 Å². The van der Waals surface area contributed by atoms with Crippen molar-refractivity contribution in [3.63, 3.8) is 0 Å². The van der Waals surface area contributed by atoms with Crippen LogP contribution in [0.4, 0.5) is 0 Å². The van der Waals surface area contributed by atoms with Crippen LogP contribution >= 0.6 is 0 Å². The van der Waals surface area contributed by atoms with Crippen LogP contribution in [0, 0.1) is 0 Å². The maximum Gasteiger partial charge on any atom is 0.305 e. The number of hydrogen-bond donors (Lipinski definition) is 1. The molecule has 0 atom stereocenters. The maximum atomic E-state index is 11.6. The summed E-state index contributed by atoms with van der Waals surface area (Å²) in [4.78, 5) is 22.0. The lowest BCUT2D eigenvalue weighted by molar-refractivity contribution is -0.144. The van der Waals surface area contributed by atoms with Crippen molar-refractivity contribution in [1.29, 1.82) is 0 Å². The number of unbranched alkanes of at least 4 members (excludes halogenated alkanes) is 13. The molecular weight excluding hydrogens is 316 g/mol. The molecule has 4 heteroatoms. The van der Waals surface area contributed by atoms with Gasteiger partial charge in [-0.3, -0.25) is 9.59 Å². The highest BCUT2D eigenvalue weighted by molar-refractivity contribution is 5.69. The van der Waals surface area contributed by atoms with Crippen molar-refractivity contribution in [2.24, 2.45) is 0 Å². The average Bonchev–Trinajstić information content (AvgIpc) is 2.58. The predicted octanol–water partition coefficient (Wildman–Crippen LogP) is 6.27. The van der Waals surface area contributed by atoms with E-state index >= 15 is 0 Å². The van der Waals surface area contributed by atoms with E-state index in [-0.39, 0.29) is 5.97 Å². The minimum Gasteiger partial charge on any atom is -0.481 e. The van der Waals surface area contributed by atoms with Crippen LogP contribution in [-0.2, 0) is 14.3 Å². The molecule has 0 bridgehead atoms. The van der Waals surface area contributed by atoms with E-state index in [0.717, 1.165) is 44.9 Å².